The van der Waals surface area contributed by atoms with Crippen molar-refractivity contribution in [2.75, 3.05) is 7.05 Å². The van der Waals surface area contributed by atoms with Gasteiger partial charge in [0.25, 0.3) is 0 Å². The second-order valence-corrected chi connectivity index (χ2v) is 6.53. The quantitative estimate of drug-likeness (QED) is 0.945. The number of carbonyl (C=O) groups excluding carboxylic acids is 1. The van der Waals surface area contributed by atoms with Crippen molar-refractivity contribution >= 4 is 17.2 Å². The molecule has 0 radical (unpaired) electrons. The van der Waals surface area contributed by atoms with E-state index in [2.05, 4.69) is 24.3 Å². The van der Waals surface area contributed by atoms with E-state index in [4.69, 9.17) is 5.73 Å². The van der Waals surface area contributed by atoms with Crippen molar-refractivity contribution in [1.29, 1.82) is 0 Å². The van der Waals surface area contributed by atoms with Crippen LogP contribution >= 0.6 is 11.3 Å². The lowest BCUT2D eigenvalue weighted by Crippen LogP contribution is -2.39. The molecule has 2 atom stereocenters. The van der Waals surface area contributed by atoms with Crippen LogP contribution in [-0.4, -0.2) is 17.9 Å². The number of hydrogen-bond acceptors (Lipinski definition) is 3. The number of nitrogens with two attached hydrogens (primary N) is 1. The first-order valence-electron chi connectivity index (χ1n) is 7.32. The smallest absolute Gasteiger partial charge is 0.245 e. The predicted octanol–water partition coefficient (Wildman–Crippen LogP) is 3.28. The van der Waals surface area contributed by atoms with Crippen molar-refractivity contribution in [1.82, 2.24) is 4.90 Å². The summed E-state index contributed by atoms with van der Waals surface area (Å²) in [5, 5.41) is 1.96. The third-order valence-electron chi connectivity index (χ3n) is 4.27. The molecule has 1 aromatic heterocycles. The van der Waals surface area contributed by atoms with E-state index in [0.29, 0.717) is 0 Å². The first-order valence-corrected chi connectivity index (χ1v) is 8.20. The number of amides is 1. The molecule has 0 saturated carbocycles. The fraction of sp³-hybridized carbons (Fsp3) is 0.353. The standard InChI is InChI=1S/C17H20N2OS/c1-19(17(20)16(18)15-10-5-11-21-15)14-9-4-7-12-6-2-3-8-13(12)14/h2-3,5-6,8,10-11,14,16H,4,7,9,18H2,1H3. The first kappa shape index (κ1) is 14.3. The highest BCUT2D eigenvalue weighted by atomic mass is 32.1. The second kappa shape index (κ2) is 6.00. The molecule has 0 spiro atoms. The molecule has 21 heavy (non-hydrogen) atoms. The molecule has 2 unspecified atom stereocenters. The highest BCUT2D eigenvalue weighted by Crippen LogP contribution is 2.34. The number of likely N-dealkylation sites (N-methyl/N-ethyl adjacent to an activating group) is 1. The van der Waals surface area contributed by atoms with Gasteiger partial charge in [-0.1, -0.05) is 30.3 Å². The summed E-state index contributed by atoms with van der Waals surface area (Å²) in [6.45, 7) is 0. The molecule has 1 aliphatic rings. The largest absolute Gasteiger partial charge is 0.337 e. The van der Waals surface area contributed by atoms with Crippen LogP contribution in [-0.2, 0) is 11.2 Å². The Labute approximate surface area is 129 Å². The molecule has 3 rings (SSSR count). The molecule has 0 fully saturated rings. The Morgan fingerprint density at radius 2 is 2.14 bits per heavy atom. The Kier molecular flexibility index (Phi) is 4.08. The van der Waals surface area contributed by atoms with Crippen LogP contribution in [0.25, 0.3) is 0 Å². The molecule has 0 aliphatic heterocycles. The molecule has 110 valence electrons. The molecular weight excluding hydrogens is 280 g/mol. The van der Waals surface area contributed by atoms with Crippen molar-refractivity contribution in [3.8, 4) is 0 Å². The topological polar surface area (TPSA) is 46.3 Å². The van der Waals surface area contributed by atoms with Crippen molar-refractivity contribution in [3.05, 3.63) is 57.8 Å². The highest BCUT2D eigenvalue weighted by molar-refractivity contribution is 7.10. The van der Waals surface area contributed by atoms with Gasteiger partial charge in [-0.3, -0.25) is 4.79 Å². The molecule has 0 bridgehead atoms. The summed E-state index contributed by atoms with van der Waals surface area (Å²) < 4.78 is 0. The molecule has 4 heteroatoms. The van der Waals surface area contributed by atoms with Gasteiger partial charge >= 0.3 is 0 Å². The normalized spacial score (nSPS) is 18.9. The summed E-state index contributed by atoms with van der Waals surface area (Å²) in [6, 6.07) is 11.9. The maximum atomic E-state index is 12.7. The Hall–Kier alpha value is -1.65. The Balaban J connectivity index is 1.83. The van der Waals surface area contributed by atoms with Gasteiger partial charge in [0.2, 0.25) is 5.91 Å². The van der Waals surface area contributed by atoms with Crippen LogP contribution in [0.3, 0.4) is 0 Å². The van der Waals surface area contributed by atoms with E-state index < -0.39 is 6.04 Å². The van der Waals surface area contributed by atoms with Crippen LogP contribution in [0.5, 0.6) is 0 Å². The lowest BCUT2D eigenvalue weighted by molar-refractivity contribution is -0.133. The van der Waals surface area contributed by atoms with Gasteiger partial charge in [0.1, 0.15) is 6.04 Å². The van der Waals surface area contributed by atoms with Crippen molar-refractivity contribution in [3.63, 3.8) is 0 Å². The lowest BCUT2D eigenvalue weighted by atomic mass is 9.87. The highest BCUT2D eigenvalue weighted by Gasteiger charge is 2.29. The Morgan fingerprint density at radius 1 is 1.33 bits per heavy atom. The summed E-state index contributed by atoms with van der Waals surface area (Å²) >= 11 is 1.54. The molecule has 1 aromatic carbocycles. The summed E-state index contributed by atoms with van der Waals surface area (Å²) in [5.74, 6) is -0.000784. The van der Waals surface area contributed by atoms with E-state index >= 15 is 0 Å². The van der Waals surface area contributed by atoms with E-state index in [-0.39, 0.29) is 11.9 Å². The van der Waals surface area contributed by atoms with Crippen molar-refractivity contribution in [2.24, 2.45) is 5.73 Å². The van der Waals surface area contributed by atoms with Crippen LogP contribution in [0.4, 0.5) is 0 Å². The summed E-state index contributed by atoms with van der Waals surface area (Å²) in [6.07, 6.45) is 3.23. The maximum absolute atomic E-state index is 12.7. The number of rotatable bonds is 3. The lowest BCUT2D eigenvalue weighted by Gasteiger charge is -2.34. The van der Waals surface area contributed by atoms with Gasteiger partial charge in [0.05, 0.1) is 6.04 Å². The molecule has 2 N–H and O–H groups in total. The minimum absolute atomic E-state index is 0.000784. The first-order chi connectivity index (χ1) is 10.2. The summed E-state index contributed by atoms with van der Waals surface area (Å²) in [7, 11) is 1.88. The summed E-state index contributed by atoms with van der Waals surface area (Å²) in [5.41, 5.74) is 8.76. The van der Waals surface area contributed by atoms with E-state index in [9.17, 15) is 4.79 Å². The molecule has 1 amide bonds. The van der Waals surface area contributed by atoms with Gasteiger partial charge in [-0.15, -0.1) is 11.3 Å². The number of benzene rings is 1. The Bertz CT molecular complexity index is 623. The molecule has 1 aliphatic carbocycles. The Morgan fingerprint density at radius 3 is 2.90 bits per heavy atom. The monoisotopic (exact) mass is 300 g/mol. The van der Waals surface area contributed by atoms with Gasteiger partial charge in [0, 0.05) is 11.9 Å². The van der Waals surface area contributed by atoms with E-state index in [1.54, 1.807) is 0 Å². The van der Waals surface area contributed by atoms with E-state index in [0.717, 1.165) is 24.1 Å². The summed E-state index contributed by atoms with van der Waals surface area (Å²) in [4.78, 5) is 15.4. The second-order valence-electron chi connectivity index (χ2n) is 5.55. The fourth-order valence-electron chi connectivity index (χ4n) is 3.09. The average molecular weight is 300 g/mol. The molecular formula is C17H20N2OS. The SMILES string of the molecule is CN(C(=O)C(N)c1cccs1)C1CCCc2ccccc21. The number of fused-ring (bicyclic) bond motifs is 1. The van der Waals surface area contributed by atoms with Gasteiger partial charge in [-0.2, -0.15) is 0 Å². The van der Waals surface area contributed by atoms with Crippen LogP contribution in [0.15, 0.2) is 41.8 Å². The van der Waals surface area contributed by atoms with Crippen LogP contribution in [0, 0.1) is 0 Å². The van der Waals surface area contributed by atoms with E-state index in [1.165, 1.54) is 22.5 Å². The zero-order chi connectivity index (χ0) is 14.8. The third kappa shape index (κ3) is 2.74. The fourth-order valence-corrected chi connectivity index (χ4v) is 3.81. The van der Waals surface area contributed by atoms with Crippen molar-refractivity contribution in [2.45, 2.75) is 31.3 Å². The van der Waals surface area contributed by atoms with Crippen LogP contribution in [0.1, 0.15) is 40.9 Å². The van der Waals surface area contributed by atoms with Gasteiger partial charge in [-0.05, 0) is 41.8 Å². The predicted molar refractivity (Wildman–Crippen MR) is 86.1 cm³/mol. The van der Waals surface area contributed by atoms with Gasteiger partial charge < -0.3 is 10.6 Å². The van der Waals surface area contributed by atoms with Crippen LogP contribution in [0.2, 0.25) is 0 Å². The minimum Gasteiger partial charge on any atom is -0.337 e. The number of thiophene rings is 1. The molecule has 1 heterocycles. The number of aryl methyl sites for hydroxylation is 1. The van der Waals surface area contributed by atoms with Crippen LogP contribution < -0.4 is 5.73 Å². The van der Waals surface area contributed by atoms with Gasteiger partial charge in [-0.25, -0.2) is 0 Å². The molecule has 2 aromatic rings. The van der Waals surface area contributed by atoms with Crippen molar-refractivity contribution < 1.29 is 4.79 Å². The number of nitrogens with zero attached hydrogens (tertiary/aromatic N) is 1. The number of carbonyl (C=O) groups is 1. The van der Waals surface area contributed by atoms with E-state index in [1.807, 2.05) is 29.5 Å². The average Bonchev–Trinajstić information content (AvgIpc) is 3.06. The molecule has 0 saturated heterocycles. The third-order valence-corrected chi connectivity index (χ3v) is 5.22. The molecule has 3 nitrogen and oxygen atoms in total. The zero-order valence-electron chi connectivity index (χ0n) is 12.2. The van der Waals surface area contributed by atoms with Gasteiger partial charge in [0.15, 0.2) is 0 Å². The minimum atomic E-state index is -0.552. The maximum Gasteiger partial charge on any atom is 0.245 e. The number of hydrogen-bond donors (Lipinski definition) is 1. The zero-order valence-corrected chi connectivity index (χ0v) is 13.0.